The van der Waals surface area contributed by atoms with Crippen molar-refractivity contribution in [3.63, 3.8) is 0 Å². The van der Waals surface area contributed by atoms with Crippen LogP contribution in [0, 0.1) is 6.92 Å². The molecule has 50 valence electrons. The van der Waals surface area contributed by atoms with E-state index in [0.29, 0.717) is 0 Å². The summed E-state index contributed by atoms with van der Waals surface area (Å²) in [4.78, 5) is 0. The Kier molecular flexibility index (Phi) is 2.48. The number of nitrogens with zero attached hydrogens (tertiary/aromatic N) is 2. The Hall–Kier alpha value is -0.0900. The van der Waals surface area contributed by atoms with Crippen molar-refractivity contribution < 1.29 is 0 Å². The summed E-state index contributed by atoms with van der Waals surface area (Å²) in [7, 11) is 0. The summed E-state index contributed by atoms with van der Waals surface area (Å²) in [5.41, 5.74) is 0. The minimum atomic E-state index is 1.05. The molecule has 0 aliphatic rings. The molecule has 0 spiro atoms. The first-order valence-electron chi connectivity index (χ1n) is 2.76. The first-order valence-corrected chi connectivity index (χ1v) is 4.56. The van der Waals surface area contributed by atoms with Crippen molar-refractivity contribution in [3.8, 4) is 0 Å². The molecule has 0 saturated heterocycles. The predicted octanol–water partition coefficient (Wildman–Crippen LogP) is 1.96. The minimum Gasteiger partial charge on any atom is -0.143 e. The lowest BCUT2D eigenvalue weighted by Crippen LogP contribution is -1.70. The Bertz CT molecular complexity index is 185. The molecule has 0 aliphatic carbocycles. The van der Waals surface area contributed by atoms with E-state index in [-0.39, 0.29) is 0 Å². The second kappa shape index (κ2) is 3.17. The van der Waals surface area contributed by atoms with Crippen LogP contribution in [0.4, 0.5) is 0 Å². The second-order valence-electron chi connectivity index (χ2n) is 1.52. The standard InChI is InChI=1S/C5H8N2S2/c1-3-8-5-7-6-4(2)9-5/h3H2,1-2H3. The molecule has 0 N–H and O–H groups in total. The van der Waals surface area contributed by atoms with E-state index in [1.807, 2.05) is 6.92 Å². The lowest BCUT2D eigenvalue weighted by Gasteiger charge is -1.83. The summed E-state index contributed by atoms with van der Waals surface area (Å²) >= 11 is 3.39. The van der Waals surface area contributed by atoms with Crippen molar-refractivity contribution in [1.29, 1.82) is 0 Å². The van der Waals surface area contributed by atoms with Crippen LogP contribution >= 0.6 is 23.1 Å². The van der Waals surface area contributed by atoms with E-state index >= 15 is 0 Å². The van der Waals surface area contributed by atoms with Gasteiger partial charge in [0.05, 0.1) is 0 Å². The number of hydrogen-bond acceptors (Lipinski definition) is 4. The molecule has 0 aromatic carbocycles. The number of aromatic nitrogens is 2. The molecule has 0 unspecified atom stereocenters. The first-order chi connectivity index (χ1) is 4.33. The highest BCUT2D eigenvalue weighted by molar-refractivity contribution is 8.00. The molecular weight excluding hydrogens is 152 g/mol. The van der Waals surface area contributed by atoms with Gasteiger partial charge in [-0.3, -0.25) is 0 Å². The number of hydrogen-bond donors (Lipinski definition) is 0. The summed E-state index contributed by atoms with van der Waals surface area (Å²) in [6, 6.07) is 0. The van der Waals surface area contributed by atoms with Crippen molar-refractivity contribution in [1.82, 2.24) is 10.2 Å². The quantitative estimate of drug-likeness (QED) is 0.618. The highest BCUT2D eigenvalue weighted by Crippen LogP contribution is 2.20. The van der Waals surface area contributed by atoms with Gasteiger partial charge in [-0.25, -0.2) is 0 Å². The lowest BCUT2D eigenvalue weighted by molar-refractivity contribution is 0.984. The van der Waals surface area contributed by atoms with Crippen molar-refractivity contribution in [2.45, 2.75) is 18.2 Å². The minimum absolute atomic E-state index is 1.05. The topological polar surface area (TPSA) is 25.8 Å². The fourth-order valence-corrected chi connectivity index (χ4v) is 2.17. The van der Waals surface area contributed by atoms with Crippen LogP contribution in [-0.4, -0.2) is 16.0 Å². The molecule has 0 aliphatic heterocycles. The van der Waals surface area contributed by atoms with Gasteiger partial charge in [0.2, 0.25) is 0 Å². The Morgan fingerprint density at radius 2 is 2.33 bits per heavy atom. The zero-order valence-corrected chi connectivity index (χ0v) is 7.05. The predicted molar refractivity (Wildman–Crippen MR) is 41.0 cm³/mol. The smallest absolute Gasteiger partial charge is 0.143 e. The molecule has 1 rings (SSSR count). The van der Waals surface area contributed by atoms with Crippen molar-refractivity contribution >= 4 is 23.1 Å². The molecule has 4 heteroatoms. The lowest BCUT2D eigenvalue weighted by atomic mass is 10.9. The number of thioether (sulfide) groups is 1. The molecule has 9 heavy (non-hydrogen) atoms. The van der Waals surface area contributed by atoms with Crippen LogP contribution in [0.1, 0.15) is 11.9 Å². The van der Waals surface area contributed by atoms with Crippen LogP contribution in [0.15, 0.2) is 4.34 Å². The van der Waals surface area contributed by atoms with E-state index in [9.17, 15) is 0 Å². The fourth-order valence-electron chi connectivity index (χ4n) is 0.460. The van der Waals surface area contributed by atoms with E-state index in [2.05, 4.69) is 17.1 Å². The first kappa shape index (κ1) is 7.02. The fraction of sp³-hybridized carbons (Fsp3) is 0.600. The average Bonchev–Trinajstić information content (AvgIpc) is 2.17. The maximum atomic E-state index is 3.94. The monoisotopic (exact) mass is 160 g/mol. The van der Waals surface area contributed by atoms with Crippen molar-refractivity contribution in [2.75, 3.05) is 5.75 Å². The van der Waals surface area contributed by atoms with Gasteiger partial charge in [0, 0.05) is 0 Å². The SMILES string of the molecule is CCSc1nnc(C)s1. The zero-order valence-electron chi connectivity index (χ0n) is 5.42. The number of aryl methyl sites for hydroxylation is 1. The molecule has 1 heterocycles. The largest absolute Gasteiger partial charge is 0.174 e. The molecule has 0 fully saturated rings. The van der Waals surface area contributed by atoms with E-state index in [1.54, 1.807) is 23.1 Å². The highest BCUT2D eigenvalue weighted by Gasteiger charge is 1.96. The van der Waals surface area contributed by atoms with Gasteiger partial charge < -0.3 is 0 Å². The molecule has 1 aromatic heterocycles. The zero-order chi connectivity index (χ0) is 6.69. The molecule has 0 bridgehead atoms. The van der Waals surface area contributed by atoms with Gasteiger partial charge in [-0.1, -0.05) is 30.0 Å². The molecule has 0 atom stereocenters. The molecule has 1 aromatic rings. The van der Waals surface area contributed by atoms with Gasteiger partial charge >= 0.3 is 0 Å². The maximum absolute atomic E-state index is 3.94. The Morgan fingerprint density at radius 3 is 2.78 bits per heavy atom. The maximum Gasteiger partial charge on any atom is 0.174 e. The van der Waals surface area contributed by atoms with Crippen molar-refractivity contribution in [3.05, 3.63) is 5.01 Å². The van der Waals surface area contributed by atoms with Crippen molar-refractivity contribution in [2.24, 2.45) is 0 Å². The van der Waals surface area contributed by atoms with Crippen LogP contribution in [-0.2, 0) is 0 Å². The normalized spacial score (nSPS) is 10.0. The molecule has 0 radical (unpaired) electrons. The number of rotatable bonds is 2. The third-order valence-electron chi connectivity index (χ3n) is 0.775. The summed E-state index contributed by atoms with van der Waals surface area (Å²) in [5.74, 6) is 1.08. The van der Waals surface area contributed by atoms with E-state index < -0.39 is 0 Å². The highest BCUT2D eigenvalue weighted by atomic mass is 32.2. The molecule has 0 saturated carbocycles. The van der Waals surface area contributed by atoms with Gasteiger partial charge in [-0.2, -0.15) is 0 Å². The van der Waals surface area contributed by atoms with Crippen LogP contribution < -0.4 is 0 Å². The Balaban J connectivity index is 2.61. The summed E-state index contributed by atoms with van der Waals surface area (Å²) in [5, 5.41) is 8.87. The van der Waals surface area contributed by atoms with Gasteiger partial charge in [0.15, 0.2) is 4.34 Å². The van der Waals surface area contributed by atoms with Crippen LogP contribution in [0.2, 0.25) is 0 Å². The summed E-state index contributed by atoms with van der Waals surface area (Å²) in [6.45, 7) is 4.08. The van der Waals surface area contributed by atoms with E-state index in [1.165, 1.54) is 0 Å². The van der Waals surface area contributed by atoms with E-state index in [0.717, 1.165) is 15.1 Å². The molecule has 0 amide bonds. The molecule has 2 nitrogen and oxygen atoms in total. The van der Waals surface area contributed by atoms with Crippen LogP contribution in [0.5, 0.6) is 0 Å². The van der Waals surface area contributed by atoms with Gasteiger partial charge in [0.25, 0.3) is 0 Å². The van der Waals surface area contributed by atoms with Gasteiger partial charge in [0.1, 0.15) is 5.01 Å². The second-order valence-corrected chi connectivity index (χ2v) is 4.21. The Labute approximate surface area is 62.7 Å². The average molecular weight is 160 g/mol. The summed E-state index contributed by atoms with van der Waals surface area (Å²) < 4.78 is 1.08. The van der Waals surface area contributed by atoms with Gasteiger partial charge in [-0.05, 0) is 12.7 Å². The van der Waals surface area contributed by atoms with E-state index in [4.69, 9.17) is 0 Å². The Morgan fingerprint density at radius 1 is 1.56 bits per heavy atom. The van der Waals surface area contributed by atoms with Crippen LogP contribution in [0.25, 0.3) is 0 Å². The molecular formula is C5H8N2S2. The third kappa shape index (κ3) is 1.95. The summed E-state index contributed by atoms with van der Waals surface area (Å²) in [6.07, 6.45) is 0. The van der Waals surface area contributed by atoms with Crippen LogP contribution in [0.3, 0.4) is 0 Å². The third-order valence-corrected chi connectivity index (χ3v) is 2.63. The van der Waals surface area contributed by atoms with Gasteiger partial charge in [-0.15, -0.1) is 10.2 Å².